The first kappa shape index (κ1) is 20.4. The van der Waals surface area contributed by atoms with E-state index in [1.165, 1.54) is 0 Å². The number of hydrogen-bond acceptors (Lipinski definition) is 6. The Labute approximate surface area is 181 Å². The van der Waals surface area contributed by atoms with E-state index < -0.39 is 0 Å². The maximum Gasteiger partial charge on any atom is 0.246 e. The van der Waals surface area contributed by atoms with E-state index in [2.05, 4.69) is 20.1 Å². The van der Waals surface area contributed by atoms with E-state index in [0.29, 0.717) is 0 Å². The number of ether oxygens (including phenoxy) is 1. The molecule has 0 aliphatic carbocycles. The van der Waals surface area contributed by atoms with Crippen LogP contribution >= 0.6 is 11.3 Å². The molecule has 156 valence electrons. The molecule has 4 rings (SSSR count). The van der Waals surface area contributed by atoms with Crippen LogP contribution < -0.4 is 15.0 Å². The van der Waals surface area contributed by atoms with E-state index in [1.807, 2.05) is 66.2 Å². The van der Waals surface area contributed by atoms with Crippen molar-refractivity contribution >= 4 is 28.1 Å². The largest absolute Gasteiger partial charge is 0.497 e. The molecule has 0 bridgehead atoms. The molecule has 30 heavy (non-hydrogen) atoms. The van der Waals surface area contributed by atoms with Crippen LogP contribution in [0.5, 0.6) is 5.75 Å². The molecule has 0 spiro atoms. The maximum atomic E-state index is 13.4. The standard InChI is InChI=1S/C23H26N4O2S/c1-29-20-10-5-9-19(17-20)25-22(28)21(18-7-3-2-4-8-18)26-12-6-13-27(15-14-26)23-24-11-16-30-23/h2-5,7-11,16-17,21H,6,12-15H2,1H3,(H,25,28). The van der Waals surface area contributed by atoms with Gasteiger partial charge in [0.05, 0.1) is 7.11 Å². The fourth-order valence-corrected chi connectivity index (χ4v) is 4.53. The Morgan fingerprint density at radius 1 is 1.10 bits per heavy atom. The van der Waals surface area contributed by atoms with E-state index in [0.717, 1.165) is 54.7 Å². The normalized spacial score (nSPS) is 16.0. The lowest BCUT2D eigenvalue weighted by atomic mass is 10.0. The summed E-state index contributed by atoms with van der Waals surface area (Å²) in [7, 11) is 1.62. The van der Waals surface area contributed by atoms with Gasteiger partial charge in [0.25, 0.3) is 0 Å². The number of methoxy groups -OCH3 is 1. The summed E-state index contributed by atoms with van der Waals surface area (Å²) in [6.07, 6.45) is 2.83. The molecule has 0 radical (unpaired) electrons. The molecule has 1 atom stereocenters. The molecule has 2 heterocycles. The van der Waals surface area contributed by atoms with Gasteiger partial charge >= 0.3 is 0 Å². The summed E-state index contributed by atoms with van der Waals surface area (Å²) < 4.78 is 5.29. The van der Waals surface area contributed by atoms with Gasteiger partial charge in [-0.15, -0.1) is 11.3 Å². The number of thiazole rings is 1. The molecule has 1 aromatic heterocycles. The quantitative estimate of drug-likeness (QED) is 0.650. The van der Waals surface area contributed by atoms with Crippen molar-refractivity contribution in [2.45, 2.75) is 12.5 Å². The van der Waals surface area contributed by atoms with Crippen molar-refractivity contribution in [2.75, 3.05) is 43.5 Å². The Morgan fingerprint density at radius 2 is 1.97 bits per heavy atom. The van der Waals surface area contributed by atoms with Gasteiger partial charge in [-0.05, 0) is 24.1 Å². The van der Waals surface area contributed by atoms with Crippen molar-refractivity contribution in [3.63, 3.8) is 0 Å². The topological polar surface area (TPSA) is 57.7 Å². The number of carbonyl (C=O) groups excluding carboxylic acids is 1. The Bertz CT molecular complexity index is 949. The van der Waals surface area contributed by atoms with Gasteiger partial charge in [-0.2, -0.15) is 0 Å². The minimum absolute atomic E-state index is 0.0304. The lowest BCUT2D eigenvalue weighted by molar-refractivity contribution is -0.121. The molecular weight excluding hydrogens is 396 g/mol. The van der Waals surface area contributed by atoms with Crippen molar-refractivity contribution < 1.29 is 9.53 Å². The van der Waals surface area contributed by atoms with Crippen LogP contribution in [0.3, 0.4) is 0 Å². The molecule has 1 aliphatic rings. The van der Waals surface area contributed by atoms with Crippen LogP contribution in [0.15, 0.2) is 66.2 Å². The molecule has 7 heteroatoms. The van der Waals surface area contributed by atoms with Crippen LogP contribution in [0.2, 0.25) is 0 Å². The van der Waals surface area contributed by atoms with E-state index >= 15 is 0 Å². The van der Waals surface area contributed by atoms with Crippen LogP contribution in [0.25, 0.3) is 0 Å². The lowest BCUT2D eigenvalue weighted by Gasteiger charge is -2.30. The number of rotatable bonds is 6. The highest BCUT2D eigenvalue weighted by atomic mass is 32.1. The number of carbonyl (C=O) groups is 1. The Kier molecular flexibility index (Phi) is 6.61. The highest BCUT2D eigenvalue weighted by Gasteiger charge is 2.29. The van der Waals surface area contributed by atoms with Crippen molar-refractivity contribution in [2.24, 2.45) is 0 Å². The third-order valence-electron chi connectivity index (χ3n) is 5.29. The first-order chi connectivity index (χ1) is 14.7. The fraction of sp³-hybridized carbons (Fsp3) is 0.304. The van der Waals surface area contributed by atoms with Crippen molar-refractivity contribution in [3.8, 4) is 5.75 Å². The Balaban J connectivity index is 1.54. The minimum atomic E-state index is -0.353. The van der Waals surface area contributed by atoms with Gasteiger partial charge in [-0.1, -0.05) is 36.4 Å². The first-order valence-corrected chi connectivity index (χ1v) is 11.0. The molecular formula is C23H26N4O2S. The summed E-state index contributed by atoms with van der Waals surface area (Å²) in [6.45, 7) is 3.45. The highest BCUT2D eigenvalue weighted by molar-refractivity contribution is 7.13. The number of nitrogens with zero attached hydrogens (tertiary/aromatic N) is 3. The smallest absolute Gasteiger partial charge is 0.246 e. The summed E-state index contributed by atoms with van der Waals surface area (Å²) >= 11 is 1.66. The van der Waals surface area contributed by atoms with E-state index in [1.54, 1.807) is 18.4 Å². The number of amides is 1. The zero-order valence-electron chi connectivity index (χ0n) is 17.0. The fourth-order valence-electron chi connectivity index (χ4n) is 3.83. The summed E-state index contributed by atoms with van der Waals surface area (Å²) in [5, 5.41) is 6.14. The van der Waals surface area contributed by atoms with Gasteiger partial charge in [-0.3, -0.25) is 9.69 Å². The molecule has 6 nitrogen and oxygen atoms in total. The number of hydrogen-bond donors (Lipinski definition) is 1. The predicted octanol–water partition coefficient (Wildman–Crippen LogP) is 4.04. The summed E-state index contributed by atoms with van der Waals surface area (Å²) in [5.41, 5.74) is 1.74. The monoisotopic (exact) mass is 422 g/mol. The molecule has 1 saturated heterocycles. The van der Waals surface area contributed by atoms with Crippen LogP contribution in [0.4, 0.5) is 10.8 Å². The van der Waals surface area contributed by atoms with Gasteiger partial charge in [0.2, 0.25) is 5.91 Å². The Morgan fingerprint density at radius 3 is 2.73 bits per heavy atom. The Hall–Kier alpha value is -2.90. The van der Waals surface area contributed by atoms with Crippen LogP contribution in [0.1, 0.15) is 18.0 Å². The molecule has 1 amide bonds. The molecule has 0 saturated carbocycles. The van der Waals surface area contributed by atoms with E-state index in [-0.39, 0.29) is 11.9 Å². The molecule has 1 fully saturated rings. The zero-order valence-corrected chi connectivity index (χ0v) is 17.8. The molecule has 1 N–H and O–H groups in total. The van der Waals surface area contributed by atoms with Crippen molar-refractivity contribution in [3.05, 3.63) is 71.7 Å². The predicted molar refractivity (Wildman–Crippen MR) is 121 cm³/mol. The van der Waals surface area contributed by atoms with Gasteiger partial charge in [0.15, 0.2) is 5.13 Å². The van der Waals surface area contributed by atoms with Gasteiger partial charge in [-0.25, -0.2) is 4.98 Å². The molecule has 1 unspecified atom stereocenters. The SMILES string of the molecule is COc1cccc(NC(=O)C(c2ccccc2)N2CCCN(c3nccs3)CC2)c1. The van der Waals surface area contributed by atoms with E-state index in [4.69, 9.17) is 4.74 Å². The molecule has 3 aromatic rings. The second-order valence-corrected chi connectivity index (χ2v) is 8.10. The third kappa shape index (κ3) is 4.80. The average Bonchev–Trinajstić information content (AvgIpc) is 3.21. The van der Waals surface area contributed by atoms with Crippen LogP contribution in [0, 0.1) is 0 Å². The van der Waals surface area contributed by atoms with Crippen LogP contribution in [-0.2, 0) is 4.79 Å². The van der Waals surface area contributed by atoms with Crippen molar-refractivity contribution in [1.29, 1.82) is 0 Å². The molecule has 1 aliphatic heterocycles. The van der Waals surface area contributed by atoms with Gasteiger partial charge < -0.3 is 15.0 Å². The number of anilines is 2. The second kappa shape index (κ2) is 9.73. The maximum absolute atomic E-state index is 13.4. The summed E-state index contributed by atoms with van der Waals surface area (Å²) in [6, 6.07) is 17.1. The number of benzene rings is 2. The second-order valence-electron chi connectivity index (χ2n) is 7.23. The van der Waals surface area contributed by atoms with E-state index in [9.17, 15) is 4.79 Å². The average molecular weight is 423 g/mol. The first-order valence-electron chi connectivity index (χ1n) is 10.1. The minimum Gasteiger partial charge on any atom is -0.497 e. The third-order valence-corrected chi connectivity index (χ3v) is 6.12. The van der Waals surface area contributed by atoms with Gasteiger partial charge in [0.1, 0.15) is 11.8 Å². The summed E-state index contributed by atoms with van der Waals surface area (Å²) in [5.74, 6) is 0.690. The zero-order chi connectivity index (χ0) is 20.8. The van der Waals surface area contributed by atoms with Crippen molar-refractivity contribution in [1.82, 2.24) is 9.88 Å². The number of nitrogens with one attached hydrogen (secondary N) is 1. The number of aromatic nitrogens is 1. The van der Waals surface area contributed by atoms with Crippen LogP contribution in [-0.4, -0.2) is 49.1 Å². The summed E-state index contributed by atoms with van der Waals surface area (Å²) in [4.78, 5) is 22.5. The lowest BCUT2D eigenvalue weighted by Crippen LogP contribution is -2.39. The highest BCUT2D eigenvalue weighted by Crippen LogP contribution is 2.27. The van der Waals surface area contributed by atoms with Gasteiger partial charge in [0, 0.05) is 49.5 Å². The molecule has 2 aromatic carbocycles.